The molecule has 0 unspecified atom stereocenters. The molecule has 0 aliphatic carbocycles. The van der Waals surface area contributed by atoms with Crippen LogP contribution in [0.5, 0.6) is 5.75 Å². The summed E-state index contributed by atoms with van der Waals surface area (Å²) in [6, 6.07) is 9.85. The number of hydrogen-bond acceptors (Lipinski definition) is 3. The van der Waals surface area contributed by atoms with E-state index in [1.54, 1.807) is 36.2 Å². The van der Waals surface area contributed by atoms with Gasteiger partial charge in [-0.05, 0) is 36.9 Å². The molecule has 0 radical (unpaired) electrons. The second kappa shape index (κ2) is 8.42. The van der Waals surface area contributed by atoms with Crippen LogP contribution in [-0.2, 0) is 17.5 Å². The lowest BCUT2D eigenvalue weighted by Crippen LogP contribution is -2.30. The highest BCUT2D eigenvalue weighted by molar-refractivity contribution is 6.31. The highest BCUT2D eigenvalue weighted by Crippen LogP contribution is 2.30. The molecule has 0 saturated heterocycles. The van der Waals surface area contributed by atoms with Gasteiger partial charge in [0.25, 0.3) is 0 Å². The summed E-state index contributed by atoms with van der Waals surface area (Å²) in [6.45, 7) is 0.190. The van der Waals surface area contributed by atoms with Gasteiger partial charge < -0.3 is 10.1 Å². The van der Waals surface area contributed by atoms with Crippen LogP contribution in [0, 0.1) is 0 Å². The minimum absolute atomic E-state index is 0.00802. The minimum atomic E-state index is -4.39. The molecule has 2 aromatic rings. The van der Waals surface area contributed by atoms with Crippen LogP contribution < -0.4 is 10.1 Å². The molecule has 1 amide bonds. The van der Waals surface area contributed by atoms with E-state index in [1.165, 1.54) is 13.2 Å². The maximum absolute atomic E-state index is 12.8. The standard InChI is InChI=1S/C18H18ClF3N2O2/c1-24(10-12-4-3-5-13(8-12)18(20,21)22)11-17(25)23-15-9-14(19)6-7-16(15)26-2/h3-9H,10-11H2,1-2H3,(H,23,25). The third-order valence-corrected chi connectivity index (χ3v) is 3.79. The van der Waals surface area contributed by atoms with Crippen molar-refractivity contribution in [1.29, 1.82) is 0 Å². The third kappa shape index (κ3) is 5.64. The molecule has 0 aromatic heterocycles. The number of anilines is 1. The van der Waals surface area contributed by atoms with Crippen LogP contribution in [0.3, 0.4) is 0 Å². The Labute approximate surface area is 154 Å². The van der Waals surface area contributed by atoms with Gasteiger partial charge in [0.15, 0.2) is 0 Å². The number of methoxy groups -OCH3 is 1. The first kappa shape index (κ1) is 20.1. The van der Waals surface area contributed by atoms with E-state index in [0.717, 1.165) is 12.1 Å². The summed E-state index contributed by atoms with van der Waals surface area (Å²) in [6.07, 6.45) is -4.39. The van der Waals surface area contributed by atoms with Crippen LogP contribution in [0.15, 0.2) is 42.5 Å². The maximum atomic E-state index is 12.8. The maximum Gasteiger partial charge on any atom is 0.416 e. The molecular weight excluding hydrogens is 369 g/mol. The van der Waals surface area contributed by atoms with Gasteiger partial charge >= 0.3 is 6.18 Å². The number of alkyl halides is 3. The van der Waals surface area contributed by atoms with Gasteiger partial charge in [-0.25, -0.2) is 0 Å². The Balaban J connectivity index is 1.99. The zero-order valence-electron chi connectivity index (χ0n) is 14.2. The van der Waals surface area contributed by atoms with E-state index in [1.807, 2.05) is 0 Å². The van der Waals surface area contributed by atoms with Crippen LogP contribution in [0.25, 0.3) is 0 Å². The lowest BCUT2D eigenvalue weighted by Gasteiger charge is -2.18. The van der Waals surface area contributed by atoms with Gasteiger partial charge in [-0.1, -0.05) is 29.8 Å². The average Bonchev–Trinajstić information content (AvgIpc) is 2.54. The van der Waals surface area contributed by atoms with Crippen LogP contribution >= 0.6 is 11.6 Å². The van der Waals surface area contributed by atoms with Gasteiger partial charge in [0.05, 0.1) is 24.9 Å². The van der Waals surface area contributed by atoms with Gasteiger partial charge in [0, 0.05) is 11.6 Å². The predicted molar refractivity (Wildman–Crippen MR) is 94.4 cm³/mol. The zero-order chi connectivity index (χ0) is 19.3. The number of nitrogens with zero attached hydrogens (tertiary/aromatic N) is 1. The van der Waals surface area contributed by atoms with E-state index in [-0.39, 0.29) is 19.0 Å². The summed E-state index contributed by atoms with van der Waals surface area (Å²) in [7, 11) is 3.12. The molecule has 140 valence electrons. The van der Waals surface area contributed by atoms with Crippen molar-refractivity contribution >= 4 is 23.2 Å². The first-order chi connectivity index (χ1) is 12.2. The number of hydrogen-bond donors (Lipinski definition) is 1. The first-order valence-corrected chi connectivity index (χ1v) is 8.05. The molecule has 0 heterocycles. The molecule has 26 heavy (non-hydrogen) atoms. The summed E-state index contributed by atoms with van der Waals surface area (Å²) in [4.78, 5) is 13.8. The van der Waals surface area contributed by atoms with Gasteiger partial charge in [0.2, 0.25) is 5.91 Å². The van der Waals surface area contributed by atoms with Crippen LogP contribution in [0.2, 0.25) is 5.02 Å². The molecule has 0 bridgehead atoms. The van der Waals surface area contributed by atoms with Gasteiger partial charge in [-0.2, -0.15) is 13.2 Å². The van der Waals surface area contributed by atoms with E-state index in [0.29, 0.717) is 22.0 Å². The number of carbonyl (C=O) groups excluding carboxylic acids is 1. The third-order valence-electron chi connectivity index (χ3n) is 3.56. The van der Waals surface area contributed by atoms with E-state index < -0.39 is 11.7 Å². The number of rotatable bonds is 6. The Kier molecular flexibility index (Phi) is 6.50. The fourth-order valence-corrected chi connectivity index (χ4v) is 2.60. The molecule has 0 atom stereocenters. The number of ether oxygens (including phenoxy) is 1. The van der Waals surface area contributed by atoms with Crippen molar-refractivity contribution in [3.05, 3.63) is 58.6 Å². The van der Waals surface area contributed by atoms with Crippen molar-refractivity contribution in [3.63, 3.8) is 0 Å². The molecule has 0 spiro atoms. The van der Waals surface area contributed by atoms with Crippen molar-refractivity contribution in [1.82, 2.24) is 4.90 Å². The Morgan fingerprint density at radius 2 is 1.96 bits per heavy atom. The Hall–Kier alpha value is -2.25. The molecule has 8 heteroatoms. The number of amides is 1. The van der Waals surface area contributed by atoms with Crippen LogP contribution in [0.1, 0.15) is 11.1 Å². The molecule has 0 saturated carbocycles. The monoisotopic (exact) mass is 386 g/mol. The lowest BCUT2D eigenvalue weighted by atomic mass is 10.1. The Bertz CT molecular complexity index is 781. The topological polar surface area (TPSA) is 41.6 Å². The highest BCUT2D eigenvalue weighted by atomic mass is 35.5. The zero-order valence-corrected chi connectivity index (χ0v) is 15.0. The Morgan fingerprint density at radius 3 is 2.62 bits per heavy atom. The fourth-order valence-electron chi connectivity index (χ4n) is 2.43. The average molecular weight is 387 g/mol. The summed E-state index contributed by atoms with van der Waals surface area (Å²) < 4.78 is 43.4. The van der Waals surface area contributed by atoms with E-state index in [4.69, 9.17) is 16.3 Å². The summed E-state index contributed by atoms with van der Waals surface area (Å²) in [5, 5.41) is 3.13. The predicted octanol–water partition coefficient (Wildman–Crippen LogP) is 4.44. The normalized spacial score (nSPS) is 11.5. The first-order valence-electron chi connectivity index (χ1n) is 7.67. The minimum Gasteiger partial charge on any atom is -0.495 e. The number of carbonyl (C=O) groups is 1. The van der Waals surface area contributed by atoms with E-state index >= 15 is 0 Å². The van der Waals surface area contributed by atoms with Gasteiger partial charge in [-0.15, -0.1) is 0 Å². The molecule has 2 rings (SSSR count). The number of nitrogens with one attached hydrogen (secondary N) is 1. The summed E-state index contributed by atoms with van der Waals surface area (Å²) in [5.41, 5.74) is 0.185. The smallest absolute Gasteiger partial charge is 0.416 e. The molecule has 1 N–H and O–H groups in total. The molecule has 0 aliphatic heterocycles. The van der Waals surface area contributed by atoms with Crippen molar-refractivity contribution in [3.8, 4) is 5.75 Å². The molecule has 0 fully saturated rings. The van der Waals surface area contributed by atoms with Crippen molar-refractivity contribution in [2.45, 2.75) is 12.7 Å². The molecule has 0 aliphatic rings. The summed E-state index contributed by atoms with van der Waals surface area (Å²) in [5.74, 6) is 0.128. The van der Waals surface area contributed by atoms with Crippen LogP contribution in [0.4, 0.5) is 18.9 Å². The Morgan fingerprint density at radius 1 is 1.23 bits per heavy atom. The van der Waals surface area contributed by atoms with Gasteiger partial charge in [-0.3, -0.25) is 9.69 Å². The van der Waals surface area contributed by atoms with Crippen LogP contribution in [-0.4, -0.2) is 31.5 Å². The molecular formula is C18H18ClF3N2O2. The van der Waals surface area contributed by atoms with Crippen molar-refractivity contribution in [2.75, 3.05) is 26.0 Å². The van der Waals surface area contributed by atoms with E-state index in [2.05, 4.69) is 5.32 Å². The fraction of sp³-hybridized carbons (Fsp3) is 0.278. The van der Waals surface area contributed by atoms with E-state index in [9.17, 15) is 18.0 Å². The SMILES string of the molecule is COc1ccc(Cl)cc1NC(=O)CN(C)Cc1cccc(C(F)(F)F)c1. The van der Waals surface area contributed by atoms with Crippen molar-refractivity contribution < 1.29 is 22.7 Å². The molecule has 2 aromatic carbocycles. The van der Waals surface area contributed by atoms with Gasteiger partial charge in [0.1, 0.15) is 5.75 Å². The second-order valence-electron chi connectivity index (χ2n) is 5.76. The van der Waals surface area contributed by atoms with Crippen molar-refractivity contribution in [2.24, 2.45) is 0 Å². The number of likely N-dealkylation sites (N-methyl/N-ethyl adjacent to an activating group) is 1. The molecule has 4 nitrogen and oxygen atoms in total. The number of halogens is 4. The number of benzene rings is 2. The highest BCUT2D eigenvalue weighted by Gasteiger charge is 2.30. The summed E-state index contributed by atoms with van der Waals surface area (Å²) >= 11 is 5.91. The lowest BCUT2D eigenvalue weighted by molar-refractivity contribution is -0.137. The quantitative estimate of drug-likeness (QED) is 0.798. The largest absolute Gasteiger partial charge is 0.495 e. The second-order valence-corrected chi connectivity index (χ2v) is 6.20.